The molecular weight excluding hydrogens is 252 g/mol. The summed E-state index contributed by atoms with van der Waals surface area (Å²) in [5.41, 5.74) is 7.55. The highest BCUT2D eigenvalue weighted by atomic mass is 35.5. The average Bonchev–Trinajstić information content (AvgIpc) is 2.78. The van der Waals surface area contributed by atoms with Gasteiger partial charge in [-0.3, -0.25) is 0 Å². The van der Waals surface area contributed by atoms with E-state index in [0.717, 1.165) is 17.9 Å². The minimum absolute atomic E-state index is 0.367. The predicted molar refractivity (Wildman–Crippen MR) is 79.1 cm³/mol. The Bertz CT molecular complexity index is 369. The van der Waals surface area contributed by atoms with E-state index >= 15 is 0 Å². The van der Waals surface area contributed by atoms with Crippen LogP contribution in [0.1, 0.15) is 25.7 Å². The summed E-state index contributed by atoms with van der Waals surface area (Å²) in [4.78, 5) is 0. The highest BCUT2D eigenvalue weighted by Gasteiger charge is 2.32. The minimum Gasteiger partial charge on any atom is -0.397 e. The van der Waals surface area contributed by atoms with Crippen molar-refractivity contribution in [3.8, 4) is 0 Å². The van der Waals surface area contributed by atoms with Crippen LogP contribution in [0.4, 0.5) is 11.4 Å². The maximum Gasteiger partial charge on any atom is 0.0763 e. The van der Waals surface area contributed by atoms with Crippen LogP contribution in [-0.4, -0.2) is 17.5 Å². The molecule has 0 aliphatic heterocycles. The number of thioether (sulfide) groups is 1. The van der Waals surface area contributed by atoms with Crippen LogP contribution in [0.5, 0.6) is 0 Å². The van der Waals surface area contributed by atoms with Crippen LogP contribution in [-0.2, 0) is 0 Å². The monoisotopic (exact) mass is 270 g/mol. The molecule has 1 aromatic carbocycles. The highest BCUT2D eigenvalue weighted by molar-refractivity contribution is 8.00. The van der Waals surface area contributed by atoms with Gasteiger partial charge in [-0.15, -0.1) is 0 Å². The van der Waals surface area contributed by atoms with Crippen LogP contribution in [0.3, 0.4) is 0 Å². The molecule has 4 heteroatoms. The number of benzene rings is 1. The molecule has 94 valence electrons. The number of halogens is 1. The fraction of sp³-hybridized carbons (Fsp3) is 0.538. The van der Waals surface area contributed by atoms with Crippen molar-refractivity contribution in [3.63, 3.8) is 0 Å². The van der Waals surface area contributed by atoms with Gasteiger partial charge in [-0.2, -0.15) is 11.8 Å². The Balaban J connectivity index is 2.06. The van der Waals surface area contributed by atoms with Crippen LogP contribution in [0.2, 0.25) is 5.02 Å². The molecule has 0 bridgehead atoms. The van der Waals surface area contributed by atoms with Crippen molar-refractivity contribution in [1.29, 1.82) is 0 Å². The number of nitrogens with one attached hydrogen (secondary N) is 1. The van der Waals surface area contributed by atoms with Crippen molar-refractivity contribution in [2.24, 2.45) is 0 Å². The topological polar surface area (TPSA) is 38.0 Å². The Morgan fingerprint density at radius 2 is 2.12 bits per heavy atom. The van der Waals surface area contributed by atoms with E-state index in [1.165, 1.54) is 25.7 Å². The Hall–Kier alpha value is -0.540. The lowest BCUT2D eigenvalue weighted by Crippen LogP contribution is -2.30. The van der Waals surface area contributed by atoms with Gasteiger partial charge in [-0.1, -0.05) is 30.5 Å². The summed E-state index contributed by atoms with van der Waals surface area (Å²) >= 11 is 8.12. The van der Waals surface area contributed by atoms with Gasteiger partial charge in [0.05, 0.1) is 16.4 Å². The zero-order valence-electron chi connectivity index (χ0n) is 10.1. The van der Waals surface area contributed by atoms with E-state index in [0.29, 0.717) is 9.77 Å². The molecule has 1 saturated carbocycles. The van der Waals surface area contributed by atoms with Crippen molar-refractivity contribution < 1.29 is 0 Å². The largest absolute Gasteiger partial charge is 0.397 e. The molecule has 0 amide bonds. The van der Waals surface area contributed by atoms with Crippen molar-refractivity contribution in [1.82, 2.24) is 0 Å². The quantitative estimate of drug-likeness (QED) is 0.812. The predicted octanol–water partition coefficient (Wildman–Crippen LogP) is 4.01. The van der Waals surface area contributed by atoms with Crippen molar-refractivity contribution in [2.75, 3.05) is 23.9 Å². The van der Waals surface area contributed by atoms with Gasteiger partial charge in [0, 0.05) is 11.3 Å². The Morgan fingerprint density at radius 1 is 1.41 bits per heavy atom. The second-order valence-electron chi connectivity index (χ2n) is 4.65. The van der Waals surface area contributed by atoms with E-state index in [1.807, 2.05) is 30.0 Å². The van der Waals surface area contributed by atoms with Gasteiger partial charge < -0.3 is 11.1 Å². The number of para-hydroxylation sites is 1. The van der Waals surface area contributed by atoms with Gasteiger partial charge in [-0.05, 0) is 31.2 Å². The van der Waals surface area contributed by atoms with E-state index in [-0.39, 0.29) is 0 Å². The van der Waals surface area contributed by atoms with Crippen LogP contribution < -0.4 is 11.1 Å². The van der Waals surface area contributed by atoms with Gasteiger partial charge in [0.1, 0.15) is 0 Å². The van der Waals surface area contributed by atoms with Crippen LogP contribution in [0, 0.1) is 0 Å². The fourth-order valence-corrected chi connectivity index (χ4v) is 3.61. The first kappa shape index (κ1) is 12.9. The van der Waals surface area contributed by atoms with Crippen LogP contribution in [0.25, 0.3) is 0 Å². The molecule has 0 heterocycles. The molecule has 1 aromatic rings. The van der Waals surface area contributed by atoms with Crippen LogP contribution >= 0.6 is 23.4 Å². The summed E-state index contributed by atoms with van der Waals surface area (Å²) in [7, 11) is 0. The molecule has 2 nitrogen and oxygen atoms in total. The number of hydrogen-bond acceptors (Lipinski definition) is 3. The molecule has 0 aromatic heterocycles. The summed E-state index contributed by atoms with van der Waals surface area (Å²) in [5, 5.41) is 4.14. The molecule has 1 aliphatic carbocycles. The third-order valence-corrected chi connectivity index (χ3v) is 5.31. The Labute approximate surface area is 112 Å². The van der Waals surface area contributed by atoms with Crippen molar-refractivity contribution in [2.45, 2.75) is 30.4 Å². The molecule has 1 aliphatic rings. The second-order valence-corrected chi connectivity index (χ2v) is 6.33. The molecule has 0 spiro atoms. The number of anilines is 2. The summed E-state index contributed by atoms with van der Waals surface area (Å²) in [6.45, 7) is 0.947. The summed E-state index contributed by atoms with van der Waals surface area (Å²) in [5.74, 6) is 0. The van der Waals surface area contributed by atoms with E-state index in [2.05, 4.69) is 11.6 Å². The van der Waals surface area contributed by atoms with Gasteiger partial charge in [-0.25, -0.2) is 0 Å². The zero-order chi connectivity index (χ0) is 12.3. The maximum absolute atomic E-state index is 6.15. The number of nitrogens with two attached hydrogens (primary N) is 1. The lowest BCUT2D eigenvalue weighted by atomic mass is 10.1. The normalized spacial score (nSPS) is 18.2. The van der Waals surface area contributed by atoms with Crippen molar-refractivity contribution >= 4 is 34.7 Å². The highest BCUT2D eigenvalue weighted by Crippen LogP contribution is 2.41. The lowest BCUT2D eigenvalue weighted by Gasteiger charge is -2.28. The molecule has 1 fully saturated rings. The second kappa shape index (κ2) is 5.40. The van der Waals surface area contributed by atoms with E-state index in [4.69, 9.17) is 17.3 Å². The fourth-order valence-electron chi connectivity index (χ4n) is 2.45. The molecule has 0 unspecified atom stereocenters. The average molecular weight is 271 g/mol. The summed E-state index contributed by atoms with van der Waals surface area (Å²) in [6.07, 6.45) is 7.43. The molecular formula is C13H19ClN2S. The third-order valence-electron chi connectivity index (χ3n) is 3.58. The lowest BCUT2D eigenvalue weighted by molar-refractivity contribution is 0.640. The molecule has 3 N–H and O–H groups in total. The van der Waals surface area contributed by atoms with Gasteiger partial charge in [0.25, 0.3) is 0 Å². The third kappa shape index (κ3) is 2.83. The zero-order valence-corrected chi connectivity index (χ0v) is 11.7. The maximum atomic E-state index is 6.15. The first-order chi connectivity index (χ1) is 8.17. The van der Waals surface area contributed by atoms with Crippen LogP contribution in [0.15, 0.2) is 18.2 Å². The minimum atomic E-state index is 0.367. The van der Waals surface area contributed by atoms with Crippen molar-refractivity contribution in [3.05, 3.63) is 23.2 Å². The number of hydrogen-bond donors (Lipinski definition) is 2. The van der Waals surface area contributed by atoms with Gasteiger partial charge in [0.2, 0.25) is 0 Å². The smallest absolute Gasteiger partial charge is 0.0763 e. The SMILES string of the molecule is CSC1(CNc2c(N)cccc2Cl)CCCC1. The van der Waals surface area contributed by atoms with E-state index < -0.39 is 0 Å². The first-order valence-corrected chi connectivity index (χ1v) is 7.60. The Morgan fingerprint density at radius 3 is 2.71 bits per heavy atom. The van der Waals surface area contributed by atoms with E-state index in [1.54, 1.807) is 0 Å². The number of nitrogen functional groups attached to an aromatic ring is 1. The molecule has 0 radical (unpaired) electrons. The molecule has 0 atom stereocenters. The first-order valence-electron chi connectivity index (χ1n) is 6.00. The summed E-state index contributed by atoms with van der Waals surface area (Å²) < 4.78 is 0.367. The standard InChI is InChI=1S/C13H19ClN2S/c1-17-13(7-2-3-8-13)9-16-12-10(14)5-4-6-11(12)15/h4-6,16H,2-3,7-9,15H2,1H3. The Kier molecular flexibility index (Phi) is 4.10. The van der Waals surface area contributed by atoms with Gasteiger partial charge in [0.15, 0.2) is 0 Å². The van der Waals surface area contributed by atoms with E-state index in [9.17, 15) is 0 Å². The summed E-state index contributed by atoms with van der Waals surface area (Å²) in [6, 6.07) is 5.64. The molecule has 0 saturated heterocycles. The molecule has 17 heavy (non-hydrogen) atoms. The number of rotatable bonds is 4. The van der Waals surface area contributed by atoms with Gasteiger partial charge >= 0.3 is 0 Å². The molecule has 2 rings (SSSR count).